The van der Waals surface area contributed by atoms with Crippen LogP contribution < -0.4 is 11.1 Å². The molecule has 0 aliphatic carbocycles. The van der Waals surface area contributed by atoms with Crippen LogP contribution in [0.3, 0.4) is 0 Å². The van der Waals surface area contributed by atoms with Gasteiger partial charge < -0.3 is 20.9 Å². The van der Waals surface area contributed by atoms with Gasteiger partial charge in [0.25, 0.3) is 0 Å². The fourth-order valence-electron chi connectivity index (χ4n) is 1.57. The lowest BCUT2D eigenvalue weighted by Gasteiger charge is -2.19. The minimum atomic E-state index is -0.720. The Hall–Kier alpha value is -1.43. The van der Waals surface area contributed by atoms with Crippen molar-refractivity contribution in [3.8, 4) is 0 Å². The molecule has 0 spiro atoms. The van der Waals surface area contributed by atoms with Crippen molar-refractivity contribution < 1.29 is 14.6 Å². The third kappa shape index (κ3) is 4.44. The first-order valence-electron chi connectivity index (χ1n) is 5.89. The fourth-order valence-corrected chi connectivity index (χ4v) is 1.57. The van der Waals surface area contributed by atoms with Gasteiger partial charge in [-0.25, -0.2) is 0 Å². The molecule has 0 heterocycles. The monoisotopic (exact) mass is 252 g/mol. The number of ether oxygens (including phenoxy) is 1. The average Bonchev–Trinajstić information content (AvgIpc) is 2.43. The molecule has 0 bridgehead atoms. The Balaban J connectivity index is 2.53. The Kier molecular flexibility index (Phi) is 6.35. The van der Waals surface area contributed by atoms with E-state index in [0.29, 0.717) is 13.0 Å². The molecule has 0 aromatic heterocycles. The summed E-state index contributed by atoms with van der Waals surface area (Å²) in [5.41, 5.74) is 6.59. The first kappa shape index (κ1) is 14.6. The molecule has 5 heteroatoms. The number of benzene rings is 1. The lowest BCUT2D eigenvalue weighted by Crippen LogP contribution is -2.43. The summed E-state index contributed by atoms with van der Waals surface area (Å²) in [5, 5.41) is 11.8. The second-order valence-corrected chi connectivity index (χ2v) is 4.06. The Bertz CT molecular complexity index is 357. The second kappa shape index (κ2) is 7.81. The molecular weight excluding hydrogens is 232 g/mol. The van der Waals surface area contributed by atoms with Crippen LogP contribution in [-0.4, -0.2) is 37.4 Å². The average molecular weight is 252 g/mol. The number of nitrogens with two attached hydrogens (primary N) is 1. The predicted molar refractivity (Wildman–Crippen MR) is 68.9 cm³/mol. The zero-order valence-electron chi connectivity index (χ0n) is 10.5. The number of carbonyl (C=O) groups is 1. The first-order valence-corrected chi connectivity index (χ1v) is 5.89. The molecule has 0 aliphatic rings. The minimum absolute atomic E-state index is 0.128. The van der Waals surface area contributed by atoms with Crippen LogP contribution in [0.2, 0.25) is 0 Å². The lowest BCUT2D eigenvalue weighted by molar-refractivity contribution is -0.123. The summed E-state index contributed by atoms with van der Waals surface area (Å²) in [7, 11) is 1.58. The highest BCUT2D eigenvalue weighted by Crippen LogP contribution is 2.09. The number of hydrogen-bond acceptors (Lipinski definition) is 4. The van der Waals surface area contributed by atoms with Crippen LogP contribution in [0.15, 0.2) is 30.3 Å². The molecule has 1 aromatic carbocycles. The van der Waals surface area contributed by atoms with E-state index in [2.05, 4.69) is 5.32 Å². The van der Waals surface area contributed by atoms with Crippen molar-refractivity contribution in [2.45, 2.75) is 18.5 Å². The highest BCUT2D eigenvalue weighted by molar-refractivity contribution is 5.83. The molecule has 1 aromatic rings. The van der Waals surface area contributed by atoms with Crippen LogP contribution >= 0.6 is 0 Å². The number of nitrogens with one attached hydrogen (secondary N) is 1. The highest BCUT2D eigenvalue weighted by Gasteiger charge is 2.18. The maximum Gasteiger partial charge on any atom is 0.241 e. The van der Waals surface area contributed by atoms with E-state index in [1.54, 1.807) is 19.2 Å². The lowest BCUT2D eigenvalue weighted by atomic mass is 10.1. The molecule has 1 rings (SSSR count). The van der Waals surface area contributed by atoms with Crippen LogP contribution in [0.4, 0.5) is 0 Å². The van der Waals surface area contributed by atoms with E-state index in [-0.39, 0.29) is 18.6 Å². The summed E-state index contributed by atoms with van der Waals surface area (Å²) in [6, 6.07) is 8.08. The Morgan fingerprint density at radius 2 is 2.11 bits per heavy atom. The van der Waals surface area contributed by atoms with Gasteiger partial charge in [0.2, 0.25) is 5.91 Å². The summed E-state index contributed by atoms with van der Waals surface area (Å²) in [4.78, 5) is 11.9. The molecule has 18 heavy (non-hydrogen) atoms. The third-order valence-corrected chi connectivity index (χ3v) is 2.68. The Morgan fingerprint density at radius 1 is 1.44 bits per heavy atom. The number of amides is 1. The third-order valence-electron chi connectivity index (χ3n) is 2.68. The maximum absolute atomic E-state index is 11.9. The van der Waals surface area contributed by atoms with Gasteiger partial charge in [-0.2, -0.15) is 0 Å². The van der Waals surface area contributed by atoms with Gasteiger partial charge >= 0.3 is 0 Å². The van der Waals surface area contributed by atoms with Crippen LogP contribution in [-0.2, 0) is 9.53 Å². The summed E-state index contributed by atoms with van der Waals surface area (Å²) in [5.74, 6) is -0.295. The molecule has 2 atom stereocenters. The van der Waals surface area contributed by atoms with Crippen LogP contribution in [0.1, 0.15) is 18.0 Å². The smallest absolute Gasteiger partial charge is 0.241 e. The van der Waals surface area contributed by atoms with E-state index in [0.717, 1.165) is 5.56 Å². The molecule has 0 radical (unpaired) electrons. The van der Waals surface area contributed by atoms with Gasteiger partial charge in [0, 0.05) is 13.7 Å². The van der Waals surface area contributed by atoms with Crippen LogP contribution in [0.25, 0.3) is 0 Å². The van der Waals surface area contributed by atoms with Gasteiger partial charge in [-0.05, 0) is 12.0 Å². The molecule has 5 nitrogen and oxygen atoms in total. The molecule has 1 amide bonds. The summed E-state index contributed by atoms with van der Waals surface area (Å²) in [6.45, 7) is 0.350. The Morgan fingerprint density at radius 3 is 2.67 bits per heavy atom. The number of hydrogen-bond donors (Lipinski definition) is 3. The zero-order chi connectivity index (χ0) is 13.4. The number of aliphatic hydroxyl groups is 1. The molecule has 4 N–H and O–H groups in total. The summed E-state index contributed by atoms with van der Waals surface area (Å²) < 4.78 is 4.91. The van der Waals surface area contributed by atoms with E-state index in [9.17, 15) is 4.79 Å². The highest BCUT2D eigenvalue weighted by atomic mass is 16.5. The van der Waals surface area contributed by atoms with E-state index < -0.39 is 6.04 Å². The van der Waals surface area contributed by atoms with Crippen molar-refractivity contribution in [1.82, 2.24) is 5.32 Å². The van der Waals surface area contributed by atoms with Crippen molar-refractivity contribution >= 4 is 5.91 Å². The molecule has 100 valence electrons. The topological polar surface area (TPSA) is 84.6 Å². The molecule has 0 aliphatic heterocycles. The van der Waals surface area contributed by atoms with Crippen molar-refractivity contribution in [1.29, 1.82) is 0 Å². The maximum atomic E-state index is 11.9. The molecule has 0 saturated carbocycles. The number of methoxy groups -OCH3 is 1. The summed E-state index contributed by atoms with van der Waals surface area (Å²) >= 11 is 0. The SMILES string of the molecule is COCCC(CO)NC(=O)C(N)c1ccccc1. The number of carbonyl (C=O) groups excluding carboxylic acids is 1. The largest absolute Gasteiger partial charge is 0.394 e. The molecular formula is C13H20N2O3. The van der Waals surface area contributed by atoms with Gasteiger partial charge in [0.15, 0.2) is 0 Å². The summed E-state index contributed by atoms with van der Waals surface area (Å²) in [6.07, 6.45) is 0.556. The van der Waals surface area contributed by atoms with Gasteiger partial charge in [-0.1, -0.05) is 30.3 Å². The Labute approximate surface area is 107 Å². The fraction of sp³-hybridized carbons (Fsp3) is 0.462. The molecule has 0 fully saturated rings. The number of rotatable bonds is 7. The van der Waals surface area contributed by atoms with Gasteiger partial charge in [-0.15, -0.1) is 0 Å². The van der Waals surface area contributed by atoms with Gasteiger partial charge in [0.05, 0.1) is 12.6 Å². The van der Waals surface area contributed by atoms with Crippen molar-refractivity contribution in [3.05, 3.63) is 35.9 Å². The van der Waals surface area contributed by atoms with Crippen LogP contribution in [0, 0.1) is 0 Å². The quantitative estimate of drug-likeness (QED) is 0.647. The van der Waals surface area contributed by atoms with E-state index in [1.165, 1.54) is 0 Å². The number of aliphatic hydroxyl groups excluding tert-OH is 1. The van der Waals surface area contributed by atoms with Crippen molar-refractivity contribution in [2.24, 2.45) is 5.73 Å². The standard InChI is InChI=1S/C13H20N2O3/c1-18-8-7-11(9-16)15-13(17)12(14)10-5-3-2-4-6-10/h2-6,11-12,16H,7-9,14H2,1H3,(H,15,17). The van der Waals surface area contributed by atoms with Crippen LogP contribution in [0.5, 0.6) is 0 Å². The van der Waals surface area contributed by atoms with Gasteiger partial charge in [-0.3, -0.25) is 4.79 Å². The van der Waals surface area contributed by atoms with Crippen molar-refractivity contribution in [3.63, 3.8) is 0 Å². The minimum Gasteiger partial charge on any atom is -0.394 e. The van der Waals surface area contributed by atoms with E-state index in [4.69, 9.17) is 15.6 Å². The van der Waals surface area contributed by atoms with E-state index in [1.807, 2.05) is 18.2 Å². The van der Waals surface area contributed by atoms with Crippen molar-refractivity contribution in [2.75, 3.05) is 20.3 Å². The normalized spacial score (nSPS) is 13.9. The first-order chi connectivity index (χ1) is 8.69. The predicted octanol–water partition coefficient (Wildman–Crippen LogP) is 0.200. The van der Waals surface area contributed by atoms with E-state index >= 15 is 0 Å². The second-order valence-electron chi connectivity index (χ2n) is 4.06. The van der Waals surface area contributed by atoms with Gasteiger partial charge in [0.1, 0.15) is 6.04 Å². The molecule has 2 unspecified atom stereocenters. The molecule has 0 saturated heterocycles. The zero-order valence-corrected chi connectivity index (χ0v) is 10.5.